The lowest BCUT2D eigenvalue weighted by Gasteiger charge is -2.16. The van der Waals surface area contributed by atoms with Crippen LogP contribution < -0.4 is 5.32 Å². The quantitative estimate of drug-likeness (QED) is 0.834. The molecule has 0 unspecified atom stereocenters. The van der Waals surface area contributed by atoms with E-state index in [9.17, 15) is 4.79 Å². The molecule has 0 spiro atoms. The van der Waals surface area contributed by atoms with Crippen molar-refractivity contribution in [1.29, 1.82) is 0 Å². The van der Waals surface area contributed by atoms with Gasteiger partial charge in [0.2, 0.25) is 0 Å². The standard InChI is InChI=1S/C17H22N2O/c1-3-13-18-14-15-19(2)17(20)16-11-9-7-5-4-6-8-10-12-16/h3-13,18H,14-15H2,1-2H3/b5-4?,6-4?,7-5?,8-6?,9-7?,10-8?,11-9?,12-10?,13-3+,16-11?,16-12?. The third kappa shape index (κ3) is 6.05. The minimum absolute atomic E-state index is 0.0196. The van der Waals surface area contributed by atoms with Gasteiger partial charge in [-0.2, -0.15) is 0 Å². The molecule has 1 amide bonds. The number of amides is 1. The highest BCUT2D eigenvalue weighted by molar-refractivity contribution is 5.93. The average Bonchev–Trinajstić information content (AvgIpc) is 2.48. The van der Waals surface area contributed by atoms with Crippen LogP contribution in [0.3, 0.4) is 0 Å². The molecule has 0 aliphatic carbocycles. The summed E-state index contributed by atoms with van der Waals surface area (Å²) in [5, 5.41) is 3.12. The molecule has 0 aromatic heterocycles. The van der Waals surface area contributed by atoms with Crippen molar-refractivity contribution >= 4 is 5.91 Å². The molecule has 1 rings (SSSR count). The molecule has 20 heavy (non-hydrogen) atoms. The van der Waals surface area contributed by atoms with Gasteiger partial charge in [0, 0.05) is 25.7 Å². The number of carbonyl (C=O) groups excluding carboxylic acids is 1. The predicted octanol–water partition coefficient (Wildman–Crippen LogP) is 3.01. The fraction of sp³-hybridized carbons (Fsp3) is 0.235. The number of carbonyl (C=O) groups is 1. The lowest BCUT2D eigenvalue weighted by Crippen LogP contribution is -2.32. The fourth-order valence-electron chi connectivity index (χ4n) is 1.59. The average molecular weight is 270 g/mol. The number of hydrogen-bond donors (Lipinski definition) is 1. The van der Waals surface area contributed by atoms with E-state index < -0.39 is 0 Å². The number of rotatable bonds is 5. The Kier molecular flexibility index (Phi) is 7.58. The largest absolute Gasteiger partial charge is 0.389 e. The third-order valence-corrected chi connectivity index (χ3v) is 2.69. The Hall–Kier alpha value is -2.29. The molecule has 0 radical (unpaired) electrons. The van der Waals surface area contributed by atoms with Crippen molar-refractivity contribution in [3.63, 3.8) is 0 Å². The summed E-state index contributed by atoms with van der Waals surface area (Å²) in [7, 11) is 1.81. The first-order valence-electron chi connectivity index (χ1n) is 6.74. The van der Waals surface area contributed by atoms with Gasteiger partial charge < -0.3 is 10.2 Å². The van der Waals surface area contributed by atoms with Crippen LogP contribution in [0, 0.1) is 0 Å². The molecule has 0 aliphatic rings. The predicted molar refractivity (Wildman–Crippen MR) is 83.8 cm³/mol. The van der Waals surface area contributed by atoms with Crippen molar-refractivity contribution in [3.05, 3.63) is 72.4 Å². The lowest BCUT2D eigenvalue weighted by atomic mass is 10.2. The van der Waals surface area contributed by atoms with Crippen molar-refractivity contribution in [3.8, 4) is 0 Å². The van der Waals surface area contributed by atoms with E-state index in [0.717, 1.165) is 6.54 Å². The van der Waals surface area contributed by atoms with Crippen LogP contribution in [0.4, 0.5) is 0 Å². The number of hydrogen-bond acceptors (Lipinski definition) is 2. The Bertz CT molecular complexity index is 471. The number of nitrogens with zero attached hydrogens (tertiary/aromatic N) is 1. The summed E-state index contributed by atoms with van der Waals surface area (Å²) in [6, 6.07) is 17.0. The Morgan fingerprint density at radius 1 is 1.10 bits per heavy atom. The van der Waals surface area contributed by atoms with E-state index in [-0.39, 0.29) is 5.91 Å². The van der Waals surface area contributed by atoms with Crippen LogP contribution in [0.15, 0.2) is 66.9 Å². The van der Waals surface area contributed by atoms with Gasteiger partial charge in [-0.25, -0.2) is 0 Å². The minimum Gasteiger partial charge on any atom is -0.389 e. The second-order valence-electron chi connectivity index (χ2n) is 4.32. The Labute approximate surface area is 121 Å². The first-order chi connectivity index (χ1) is 9.75. The normalized spacial score (nSPS) is 9.90. The lowest BCUT2D eigenvalue weighted by molar-refractivity contribution is 0.0797. The van der Waals surface area contributed by atoms with Gasteiger partial charge in [-0.1, -0.05) is 48.5 Å². The van der Waals surface area contributed by atoms with E-state index in [4.69, 9.17) is 0 Å². The molecule has 0 heterocycles. The van der Waals surface area contributed by atoms with E-state index in [1.165, 1.54) is 0 Å². The summed E-state index contributed by atoms with van der Waals surface area (Å²) in [4.78, 5) is 14.0. The third-order valence-electron chi connectivity index (χ3n) is 2.69. The summed E-state index contributed by atoms with van der Waals surface area (Å²) in [5.41, 5.74) is 0.676. The molecule has 1 aromatic carbocycles. The summed E-state index contributed by atoms with van der Waals surface area (Å²) < 4.78 is 0. The molecule has 3 heteroatoms. The molecule has 0 atom stereocenters. The van der Waals surface area contributed by atoms with E-state index in [1.54, 1.807) is 4.90 Å². The first kappa shape index (κ1) is 15.8. The van der Waals surface area contributed by atoms with Gasteiger partial charge in [0.25, 0.3) is 5.91 Å². The van der Waals surface area contributed by atoms with E-state index in [1.807, 2.05) is 80.8 Å². The maximum Gasteiger partial charge on any atom is 0.253 e. The molecule has 0 fully saturated rings. The number of allylic oxidation sites excluding steroid dienone is 1. The van der Waals surface area contributed by atoms with Crippen molar-refractivity contribution in [1.82, 2.24) is 10.2 Å². The monoisotopic (exact) mass is 270 g/mol. The van der Waals surface area contributed by atoms with Crippen molar-refractivity contribution in [2.75, 3.05) is 20.1 Å². The second kappa shape index (κ2) is 9.62. The Morgan fingerprint density at radius 2 is 1.65 bits per heavy atom. The number of likely N-dealkylation sites (N-methyl/N-ethyl adjacent to an activating group) is 1. The maximum atomic E-state index is 12.3. The van der Waals surface area contributed by atoms with Crippen LogP contribution in [-0.4, -0.2) is 30.9 Å². The SMILES string of the molecule is C/C=C/NCCN(C)C(=O)c1ccccccccc1. The molecule has 0 bridgehead atoms. The van der Waals surface area contributed by atoms with Gasteiger partial charge in [-0.05, 0) is 25.3 Å². The second-order valence-corrected chi connectivity index (χ2v) is 4.32. The highest BCUT2D eigenvalue weighted by Gasteiger charge is 2.08. The van der Waals surface area contributed by atoms with E-state index in [2.05, 4.69) is 5.32 Å². The van der Waals surface area contributed by atoms with Gasteiger partial charge in [0.1, 0.15) is 0 Å². The van der Waals surface area contributed by atoms with Crippen molar-refractivity contribution in [2.45, 2.75) is 6.92 Å². The van der Waals surface area contributed by atoms with Crippen LogP contribution in [0.5, 0.6) is 0 Å². The molecule has 0 aliphatic heterocycles. The fourth-order valence-corrected chi connectivity index (χ4v) is 1.59. The van der Waals surface area contributed by atoms with Crippen LogP contribution >= 0.6 is 0 Å². The Balaban J connectivity index is 2.75. The Morgan fingerprint density at radius 3 is 2.20 bits per heavy atom. The van der Waals surface area contributed by atoms with Gasteiger partial charge in [-0.3, -0.25) is 4.79 Å². The van der Waals surface area contributed by atoms with Gasteiger partial charge in [0.15, 0.2) is 0 Å². The van der Waals surface area contributed by atoms with E-state index in [0.29, 0.717) is 12.1 Å². The van der Waals surface area contributed by atoms with Crippen LogP contribution in [0.25, 0.3) is 0 Å². The summed E-state index contributed by atoms with van der Waals surface area (Å²) in [5.74, 6) is 0.0196. The zero-order valence-electron chi connectivity index (χ0n) is 12.1. The van der Waals surface area contributed by atoms with Gasteiger partial charge >= 0.3 is 0 Å². The van der Waals surface area contributed by atoms with Gasteiger partial charge in [0.05, 0.1) is 0 Å². The first-order valence-corrected chi connectivity index (χ1v) is 6.74. The molecular formula is C17H22N2O. The summed E-state index contributed by atoms with van der Waals surface area (Å²) in [6.07, 6.45) is 3.81. The number of nitrogens with one attached hydrogen (secondary N) is 1. The maximum absolute atomic E-state index is 12.3. The molecule has 0 saturated carbocycles. The topological polar surface area (TPSA) is 32.3 Å². The highest BCUT2D eigenvalue weighted by atomic mass is 16.2. The van der Waals surface area contributed by atoms with Crippen LogP contribution in [-0.2, 0) is 0 Å². The molecular weight excluding hydrogens is 248 g/mol. The minimum atomic E-state index is 0.0196. The zero-order chi connectivity index (χ0) is 14.6. The molecule has 106 valence electrons. The van der Waals surface area contributed by atoms with E-state index >= 15 is 0 Å². The molecule has 0 saturated heterocycles. The van der Waals surface area contributed by atoms with Crippen LogP contribution in [0.1, 0.15) is 17.3 Å². The van der Waals surface area contributed by atoms with Crippen molar-refractivity contribution in [2.24, 2.45) is 0 Å². The highest BCUT2D eigenvalue weighted by Crippen LogP contribution is 2.00. The molecule has 3 nitrogen and oxygen atoms in total. The van der Waals surface area contributed by atoms with Crippen molar-refractivity contribution < 1.29 is 4.79 Å². The summed E-state index contributed by atoms with van der Waals surface area (Å²) >= 11 is 0. The summed E-state index contributed by atoms with van der Waals surface area (Å²) in [6.45, 7) is 3.35. The molecule has 1 aromatic rings. The van der Waals surface area contributed by atoms with Crippen LogP contribution in [0.2, 0.25) is 0 Å². The smallest absolute Gasteiger partial charge is 0.253 e. The zero-order valence-corrected chi connectivity index (χ0v) is 12.1. The molecule has 1 N–H and O–H groups in total. The van der Waals surface area contributed by atoms with Gasteiger partial charge in [-0.15, -0.1) is 0 Å².